The summed E-state index contributed by atoms with van der Waals surface area (Å²) in [5, 5.41) is 0. The largest absolute Gasteiger partial charge is 0.444 e. The van der Waals surface area contributed by atoms with Crippen LogP contribution >= 0.6 is 0 Å². The Balaban J connectivity index is 2.23. The Kier molecular flexibility index (Phi) is 2.12. The normalized spacial score (nSPS) is 17.8. The van der Waals surface area contributed by atoms with Crippen LogP contribution in [0.1, 0.15) is 43.7 Å². The summed E-state index contributed by atoms with van der Waals surface area (Å²) < 4.78 is 5.61. The fraction of sp³-hybridized carbons (Fsp3) is 0.700. The second-order valence-electron chi connectivity index (χ2n) is 4.05. The van der Waals surface area contributed by atoms with Crippen LogP contribution in [0.4, 0.5) is 0 Å². The van der Waals surface area contributed by atoms with Crippen LogP contribution in [-0.4, -0.2) is 4.98 Å². The van der Waals surface area contributed by atoms with Crippen molar-refractivity contribution in [2.24, 2.45) is 11.7 Å². The molecule has 0 saturated carbocycles. The number of aromatic nitrogens is 1. The van der Waals surface area contributed by atoms with E-state index in [1.54, 1.807) is 0 Å². The van der Waals surface area contributed by atoms with Gasteiger partial charge in [0.25, 0.3) is 0 Å². The first kappa shape index (κ1) is 8.75. The lowest BCUT2D eigenvalue weighted by Crippen LogP contribution is -2.17. The number of hydrogen-bond donors (Lipinski definition) is 1. The number of nitrogens with two attached hydrogens (primary N) is 1. The van der Waals surface area contributed by atoms with Crippen molar-refractivity contribution in [2.45, 2.75) is 39.2 Å². The number of aryl methyl sites for hydroxylation is 2. The quantitative estimate of drug-likeness (QED) is 0.755. The average Bonchev–Trinajstić information content (AvgIpc) is 2.59. The maximum Gasteiger partial charge on any atom is 0.211 e. The third-order valence-corrected chi connectivity index (χ3v) is 2.62. The molecule has 0 saturated heterocycles. The van der Waals surface area contributed by atoms with Gasteiger partial charge >= 0.3 is 0 Å². The highest BCUT2D eigenvalue weighted by atomic mass is 16.4. The van der Waals surface area contributed by atoms with Gasteiger partial charge in [0, 0.05) is 6.42 Å². The predicted molar refractivity (Wildman–Crippen MR) is 50.3 cm³/mol. The van der Waals surface area contributed by atoms with Crippen molar-refractivity contribution in [3.05, 3.63) is 17.3 Å². The van der Waals surface area contributed by atoms with Crippen molar-refractivity contribution < 1.29 is 4.42 Å². The predicted octanol–water partition coefficient (Wildman–Crippen LogP) is 1.82. The maximum atomic E-state index is 5.94. The van der Waals surface area contributed by atoms with Crippen LogP contribution in [0.2, 0.25) is 0 Å². The van der Waals surface area contributed by atoms with E-state index in [0.717, 1.165) is 30.2 Å². The van der Waals surface area contributed by atoms with Gasteiger partial charge in [-0.05, 0) is 18.8 Å². The molecular formula is C10H16N2O. The van der Waals surface area contributed by atoms with Crippen LogP contribution in [0.25, 0.3) is 0 Å². The lowest BCUT2D eigenvalue weighted by molar-refractivity contribution is 0.372. The Bertz CT molecular complexity index is 282. The summed E-state index contributed by atoms with van der Waals surface area (Å²) in [5.74, 6) is 2.17. The Labute approximate surface area is 78.3 Å². The summed E-state index contributed by atoms with van der Waals surface area (Å²) in [4.78, 5) is 4.42. The first-order valence-electron chi connectivity index (χ1n) is 4.92. The molecule has 0 amide bonds. The molecule has 1 aromatic heterocycles. The third kappa shape index (κ3) is 1.48. The van der Waals surface area contributed by atoms with Crippen LogP contribution in [0.3, 0.4) is 0 Å². The minimum absolute atomic E-state index is 0.0504. The van der Waals surface area contributed by atoms with Crippen molar-refractivity contribution in [2.75, 3.05) is 0 Å². The fourth-order valence-corrected chi connectivity index (χ4v) is 1.64. The summed E-state index contributed by atoms with van der Waals surface area (Å²) in [6.07, 6.45) is 3.27. The summed E-state index contributed by atoms with van der Waals surface area (Å²) >= 11 is 0. The zero-order valence-corrected chi connectivity index (χ0v) is 8.21. The highest BCUT2D eigenvalue weighted by Gasteiger charge is 2.23. The first-order valence-corrected chi connectivity index (χ1v) is 4.92. The first-order chi connectivity index (χ1) is 6.18. The van der Waals surface area contributed by atoms with E-state index in [4.69, 9.17) is 10.2 Å². The van der Waals surface area contributed by atoms with Crippen molar-refractivity contribution in [3.63, 3.8) is 0 Å². The van der Waals surface area contributed by atoms with Crippen molar-refractivity contribution in [1.82, 2.24) is 4.98 Å². The summed E-state index contributed by atoms with van der Waals surface area (Å²) in [6, 6.07) is -0.0504. The average molecular weight is 180 g/mol. The molecule has 1 aliphatic carbocycles. The SMILES string of the molecule is CC(C)C(N)c1nc2c(o1)CCC2. The summed E-state index contributed by atoms with van der Waals surface area (Å²) in [5.41, 5.74) is 7.07. The molecule has 2 N–H and O–H groups in total. The zero-order chi connectivity index (χ0) is 9.42. The smallest absolute Gasteiger partial charge is 0.211 e. The van der Waals surface area contributed by atoms with E-state index in [1.807, 2.05) is 0 Å². The highest BCUT2D eigenvalue weighted by Crippen LogP contribution is 2.26. The lowest BCUT2D eigenvalue weighted by Gasteiger charge is -2.10. The molecule has 3 nitrogen and oxygen atoms in total. The van der Waals surface area contributed by atoms with Crippen molar-refractivity contribution >= 4 is 0 Å². The number of nitrogens with zero attached hydrogens (tertiary/aromatic N) is 1. The molecule has 0 radical (unpaired) electrons. The molecule has 0 aromatic carbocycles. The number of rotatable bonds is 2. The standard InChI is InChI=1S/C10H16N2O/c1-6(2)9(11)10-12-7-4-3-5-8(7)13-10/h6,9H,3-5,11H2,1-2H3. The van der Waals surface area contributed by atoms with E-state index >= 15 is 0 Å². The van der Waals surface area contributed by atoms with E-state index in [0.29, 0.717) is 5.92 Å². The Hall–Kier alpha value is -0.830. The van der Waals surface area contributed by atoms with E-state index < -0.39 is 0 Å². The van der Waals surface area contributed by atoms with E-state index in [1.165, 1.54) is 6.42 Å². The highest BCUT2D eigenvalue weighted by molar-refractivity contribution is 5.16. The van der Waals surface area contributed by atoms with Gasteiger partial charge in [-0.2, -0.15) is 0 Å². The van der Waals surface area contributed by atoms with Crippen LogP contribution in [0.15, 0.2) is 4.42 Å². The van der Waals surface area contributed by atoms with Gasteiger partial charge in [-0.25, -0.2) is 4.98 Å². The molecule has 1 heterocycles. The van der Waals surface area contributed by atoms with Gasteiger partial charge in [-0.1, -0.05) is 13.8 Å². The van der Waals surface area contributed by atoms with E-state index in [2.05, 4.69) is 18.8 Å². The number of oxazole rings is 1. The molecule has 0 bridgehead atoms. The second kappa shape index (κ2) is 3.14. The molecule has 1 atom stereocenters. The van der Waals surface area contributed by atoms with Gasteiger partial charge in [0.2, 0.25) is 5.89 Å². The molecule has 0 fully saturated rings. The number of fused-ring (bicyclic) bond motifs is 1. The van der Waals surface area contributed by atoms with Crippen LogP contribution in [0, 0.1) is 5.92 Å². The molecule has 1 aliphatic rings. The monoisotopic (exact) mass is 180 g/mol. The van der Waals surface area contributed by atoms with Gasteiger partial charge in [0.15, 0.2) is 0 Å². The van der Waals surface area contributed by atoms with Crippen molar-refractivity contribution in [3.8, 4) is 0 Å². The molecule has 1 aromatic rings. The molecule has 72 valence electrons. The molecule has 3 heteroatoms. The van der Waals surface area contributed by atoms with E-state index in [-0.39, 0.29) is 6.04 Å². The third-order valence-electron chi connectivity index (χ3n) is 2.62. The summed E-state index contributed by atoms with van der Waals surface area (Å²) in [6.45, 7) is 4.17. The second-order valence-corrected chi connectivity index (χ2v) is 4.05. The minimum atomic E-state index is -0.0504. The van der Waals surface area contributed by atoms with Crippen LogP contribution in [-0.2, 0) is 12.8 Å². The van der Waals surface area contributed by atoms with Gasteiger partial charge in [0.05, 0.1) is 11.7 Å². The van der Waals surface area contributed by atoms with Gasteiger partial charge < -0.3 is 10.2 Å². The molecule has 0 spiro atoms. The molecule has 0 aliphatic heterocycles. The van der Waals surface area contributed by atoms with Crippen LogP contribution < -0.4 is 5.73 Å². The molecule has 13 heavy (non-hydrogen) atoms. The summed E-state index contributed by atoms with van der Waals surface area (Å²) in [7, 11) is 0. The maximum absolute atomic E-state index is 5.94. The molecule has 1 unspecified atom stereocenters. The van der Waals surface area contributed by atoms with Gasteiger partial charge in [-0.3, -0.25) is 0 Å². The van der Waals surface area contributed by atoms with E-state index in [9.17, 15) is 0 Å². The molecular weight excluding hydrogens is 164 g/mol. The minimum Gasteiger partial charge on any atom is -0.444 e. The van der Waals surface area contributed by atoms with Gasteiger partial charge in [0.1, 0.15) is 5.76 Å². The topological polar surface area (TPSA) is 52.0 Å². The Morgan fingerprint density at radius 2 is 2.15 bits per heavy atom. The van der Waals surface area contributed by atoms with Crippen LogP contribution in [0.5, 0.6) is 0 Å². The Morgan fingerprint density at radius 1 is 1.38 bits per heavy atom. The zero-order valence-electron chi connectivity index (χ0n) is 8.21. The number of hydrogen-bond acceptors (Lipinski definition) is 3. The lowest BCUT2D eigenvalue weighted by atomic mass is 10.1. The fourth-order valence-electron chi connectivity index (χ4n) is 1.64. The Morgan fingerprint density at radius 3 is 2.77 bits per heavy atom. The van der Waals surface area contributed by atoms with Gasteiger partial charge in [-0.15, -0.1) is 0 Å². The van der Waals surface area contributed by atoms with Crippen molar-refractivity contribution in [1.29, 1.82) is 0 Å². The molecule has 2 rings (SSSR count).